The first kappa shape index (κ1) is 17.4. The number of rotatable bonds is 7. The van der Waals surface area contributed by atoms with E-state index < -0.39 is 0 Å². The number of urea groups is 1. The van der Waals surface area contributed by atoms with Gasteiger partial charge in [0.05, 0.1) is 13.2 Å². The van der Waals surface area contributed by atoms with Gasteiger partial charge in [-0.1, -0.05) is 19.1 Å². The van der Waals surface area contributed by atoms with Crippen LogP contribution in [0.4, 0.5) is 4.79 Å². The van der Waals surface area contributed by atoms with Crippen molar-refractivity contribution < 1.29 is 13.9 Å². The summed E-state index contributed by atoms with van der Waals surface area (Å²) in [5.74, 6) is 1.58. The van der Waals surface area contributed by atoms with E-state index in [-0.39, 0.29) is 6.03 Å². The van der Waals surface area contributed by atoms with Crippen molar-refractivity contribution in [2.45, 2.75) is 26.4 Å². The van der Waals surface area contributed by atoms with Gasteiger partial charge < -0.3 is 19.4 Å². The fourth-order valence-electron chi connectivity index (χ4n) is 1.98. The van der Waals surface area contributed by atoms with E-state index in [9.17, 15) is 4.79 Å². The number of furan rings is 1. The number of nitrogens with zero attached hydrogens (tertiary/aromatic N) is 1. The highest BCUT2D eigenvalue weighted by molar-refractivity contribution is 9.10. The van der Waals surface area contributed by atoms with Gasteiger partial charge >= 0.3 is 6.03 Å². The first-order chi connectivity index (χ1) is 11.1. The summed E-state index contributed by atoms with van der Waals surface area (Å²) < 4.78 is 11.6. The summed E-state index contributed by atoms with van der Waals surface area (Å²) in [7, 11) is 1.73. The second-order valence-corrected chi connectivity index (χ2v) is 5.99. The summed E-state index contributed by atoms with van der Waals surface area (Å²) >= 11 is 3.25. The Hall–Kier alpha value is -1.95. The average Bonchev–Trinajstić information content (AvgIpc) is 2.96. The summed E-state index contributed by atoms with van der Waals surface area (Å²) in [6, 6.07) is 11.2. The van der Waals surface area contributed by atoms with Crippen LogP contribution in [-0.4, -0.2) is 24.6 Å². The van der Waals surface area contributed by atoms with Crippen molar-refractivity contribution in [3.05, 3.63) is 52.4 Å². The van der Waals surface area contributed by atoms with Gasteiger partial charge in [0.15, 0.2) is 4.67 Å². The molecule has 0 aliphatic rings. The van der Waals surface area contributed by atoms with E-state index in [0.717, 1.165) is 23.5 Å². The molecule has 0 saturated carbocycles. The van der Waals surface area contributed by atoms with Crippen molar-refractivity contribution in [1.29, 1.82) is 0 Å². The Morgan fingerprint density at radius 1 is 1.26 bits per heavy atom. The molecular formula is C17H21BrN2O3. The normalized spacial score (nSPS) is 10.4. The van der Waals surface area contributed by atoms with E-state index in [2.05, 4.69) is 28.2 Å². The number of halogens is 1. The maximum absolute atomic E-state index is 12.1. The maximum atomic E-state index is 12.1. The van der Waals surface area contributed by atoms with Crippen LogP contribution in [0.15, 0.2) is 45.5 Å². The summed E-state index contributed by atoms with van der Waals surface area (Å²) in [6.45, 7) is 3.67. The van der Waals surface area contributed by atoms with Gasteiger partial charge in [0.1, 0.15) is 11.5 Å². The Labute approximate surface area is 144 Å². The van der Waals surface area contributed by atoms with Gasteiger partial charge in [-0.15, -0.1) is 0 Å². The van der Waals surface area contributed by atoms with Crippen LogP contribution in [0.1, 0.15) is 24.7 Å². The molecule has 0 unspecified atom stereocenters. The zero-order valence-electron chi connectivity index (χ0n) is 13.3. The minimum Gasteiger partial charge on any atom is -0.494 e. The number of hydrogen-bond donors (Lipinski definition) is 1. The van der Waals surface area contributed by atoms with Crippen molar-refractivity contribution in [2.75, 3.05) is 13.7 Å². The number of amides is 2. The van der Waals surface area contributed by atoms with Crippen LogP contribution >= 0.6 is 15.9 Å². The second kappa shape index (κ2) is 8.62. The summed E-state index contributed by atoms with van der Waals surface area (Å²) in [5, 5.41) is 2.88. The van der Waals surface area contributed by atoms with E-state index >= 15 is 0 Å². The molecule has 1 heterocycles. The molecule has 124 valence electrons. The number of carbonyl (C=O) groups excluding carboxylic acids is 1. The summed E-state index contributed by atoms with van der Waals surface area (Å²) in [4.78, 5) is 13.6. The van der Waals surface area contributed by atoms with Crippen molar-refractivity contribution in [2.24, 2.45) is 0 Å². The molecule has 6 heteroatoms. The van der Waals surface area contributed by atoms with Crippen LogP contribution in [0, 0.1) is 0 Å². The van der Waals surface area contributed by atoms with Crippen LogP contribution in [0.25, 0.3) is 0 Å². The number of nitrogens with one attached hydrogen (secondary N) is 1. The third kappa shape index (κ3) is 5.63. The number of hydrogen-bond acceptors (Lipinski definition) is 3. The molecule has 0 aliphatic heterocycles. The SMILES string of the molecule is CCCOc1ccc(CNC(=O)N(C)Cc2ccc(Br)o2)cc1. The molecule has 0 aliphatic carbocycles. The lowest BCUT2D eigenvalue weighted by molar-refractivity contribution is 0.202. The quantitative estimate of drug-likeness (QED) is 0.783. The first-order valence-corrected chi connectivity index (χ1v) is 8.32. The summed E-state index contributed by atoms with van der Waals surface area (Å²) in [6.07, 6.45) is 0.983. The van der Waals surface area contributed by atoms with E-state index in [4.69, 9.17) is 9.15 Å². The number of ether oxygens (including phenoxy) is 1. The standard InChI is InChI=1S/C17H21BrN2O3/c1-3-10-22-14-6-4-13(5-7-14)11-19-17(21)20(2)12-15-8-9-16(18)23-15/h4-9H,3,10-12H2,1-2H3,(H,19,21). The number of benzene rings is 1. The van der Waals surface area contributed by atoms with E-state index in [1.165, 1.54) is 0 Å². The van der Waals surface area contributed by atoms with Gasteiger partial charge in [-0.25, -0.2) is 4.79 Å². The molecule has 23 heavy (non-hydrogen) atoms. The predicted molar refractivity (Wildman–Crippen MR) is 92.3 cm³/mol. The molecule has 1 aromatic heterocycles. The smallest absolute Gasteiger partial charge is 0.317 e. The minimum absolute atomic E-state index is 0.149. The van der Waals surface area contributed by atoms with Crippen molar-refractivity contribution in [1.82, 2.24) is 10.2 Å². The van der Waals surface area contributed by atoms with E-state index in [1.807, 2.05) is 36.4 Å². The molecule has 0 spiro atoms. The van der Waals surface area contributed by atoms with E-state index in [0.29, 0.717) is 24.4 Å². The molecule has 0 atom stereocenters. The van der Waals surface area contributed by atoms with Gasteiger partial charge in [0, 0.05) is 13.6 Å². The molecule has 5 nitrogen and oxygen atoms in total. The molecule has 1 aromatic carbocycles. The molecule has 1 N–H and O–H groups in total. The first-order valence-electron chi connectivity index (χ1n) is 7.53. The molecular weight excluding hydrogens is 360 g/mol. The Bertz CT molecular complexity index is 625. The highest BCUT2D eigenvalue weighted by atomic mass is 79.9. The van der Waals surface area contributed by atoms with Gasteiger partial charge in [-0.2, -0.15) is 0 Å². The second-order valence-electron chi connectivity index (χ2n) is 5.21. The lowest BCUT2D eigenvalue weighted by atomic mass is 10.2. The molecule has 0 fully saturated rings. The zero-order chi connectivity index (χ0) is 16.7. The van der Waals surface area contributed by atoms with Crippen molar-refractivity contribution >= 4 is 22.0 Å². The molecule has 0 radical (unpaired) electrons. The topological polar surface area (TPSA) is 54.7 Å². The lowest BCUT2D eigenvalue weighted by Gasteiger charge is -2.16. The molecule has 2 amide bonds. The Morgan fingerprint density at radius 3 is 2.61 bits per heavy atom. The third-order valence-electron chi connectivity index (χ3n) is 3.21. The Kier molecular flexibility index (Phi) is 6.52. The summed E-state index contributed by atoms with van der Waals surface area (Å²) in [5.41, 5.74) is 1.02. The third-order valence-corrected chi connectivity index (χ3v) is 3.63. The average molecular weight is 381 g/mol. The fourth-order valence-corrected chi connectivity index (χ4v) is 2.32. The monoisotopic (exact) mass is 380 g/mol. The van der Waals surface area contributed by atoms with Crippen LogP contribution in [-0.2, 0) is 13.1 Å². The molecule has 0 bridgehead atoms. The highest BCUT2D eigenvalue weighted by Gasteiger charge is 2.11. The largest absolute Gasteiger partial charge is 0.494 e. The minimum atomic E-state index is -0.149. The van der Waals surface area contributed by atoms with Gasteiger partial charge in [-0.3, -0.25) is 0 Å². The lowest BCUT2D eigenvalue weighted by Crippen LogP contribution is -2.36. The van der Waals surface area contributed by atoms with E-state index in [1.54, 1.807) is 11.9 Å². The molecule has 2 rings (SSSR count). The Balaban J connectivity index is 1.79. The number of carbonyl (C=O) groups is 1. The highest BCUT2D eigenvalue weighted by Crippen LogP contribution is 2.15. The van der Waals surface area contributed by atoms with Crippen LogP contribution < -0.4 is 10.1 Å². The van der Waals surface area contributed by atoms with Crippen LogP contribution in [0.5, 0.6) is 5.75 Å². The van der Waals surface area contributed by atoms with Gasteiger partial charge in [-0.05, 0) is 52.2 Å². The van der Waals surface area contributed by atoms with Crippen LogP contribution in [0.2, 0.25) is 0 Å². The molecule has 2 aromatic rings. The van der Waals surface area contributed by atoms with Gasteiger partial charge in [0.2, 0.25) is 0 Å². The predicted octanol–water partition coefficient (Wildman–Crippen LogP) is 4.17. The maximum Gasteiger partial charge on any atom is 0.317 e. The van der Waals surface area contributed by atoms with Crippen LogP contribution in [0.3, 0.4) is 0 Å². The fraction of sp³-hybridized carbons (Fsp3) is 0.353. The molecule has 0 saturated heterocycles. The Morgan fingerprint density at radius 2 is 2.00 bits per heavy atom. The van der Waals surface area contributed by atoms with Gasteiger partial charge in [0.25, 0.3) is 0 Å². The van der Waals surface area contributed by atoms with Crippen molar-refractivity contribution in [3.63, 3.8) is 0 Å². The van der Waals surface area contributed by atoms with Crippen molar-refractivity contribution in [3.8, 4) is 5.75 Å². The zero-order valence-corrected chi connectivity index (χ0v) is 14.9.